The van der Waals surface area contributed by atoms with Gasteiger partial charge in [-0.3, -0.25) is 4.79 Å². The van der Waals surface area contributed by atoms with Gasteiger partial charge in [-0.05, 0) is 32.6 Å². The number of rotatable bonds is 10. The summed E-state index contributed by atoms with van der Waals surface area (Å²) in [7, 11) is 0. The fraction of sp³-hybridized carbons (Fsp3) is 0.941. The Kier molecular flexibility index (Phi) is 9.12. The lowest BCUT2D eigenvalue weighted by atomic mass is 9.93. The Morgan fingerprint density at radius 3 is 2.40 bits per heavy atom. The van der Waals surface area contributed by atoms with E-state index >= 15 is 0 Å². The number of Topliss-reactive ketones (excluding diaryl/α,β-unsaturated/α-hetero) is 1. The first kappa shape index (κ1) is 17.6. The monoisotopic (exact) mass is 283 g/mol. The first-order valence-electron chi connectivity index (χ1n) is 8.59. The van der Waals surface area contributed by atoms with E-state index in [1.165, 1.54) is 38.5 Å². The van der Waals surface area contributed by atoms with E-state index in [9.17, 15) is 9.90 Å². The number of ketones is 1. The van der Waals surface area contributed by atoms with Crippen molar-refractivity contribution in [1.82, 2.24) is 5.32 Å². The van der Waals surface area contributed by atoms with Crippen LogP contribution in [0.1, 0.15) is 84.5 Å². The second-order valence-electron chi connectivity index (χ2n) is 6.35. The molecule has 2 N–H and O–H groups in total. The molecule has 0 aromatic carbocycles. The molecule has 20 heavy (non-hydrogen) atoms. The lowest BCUT2D eigenvalue weighted by molar-refractivity contribution is -0.118. The van der Waals surface area contributed by atoms with Gasteiger partial charge >= 0.3 is 0 Å². The van der Waals surface area contributed by atoms with Crippen molar-refractivity contribution in [2.75, 3.05) is 0 Å². The molecular formula is C17H33NO2. The van der Waals surface area contributed by atoms with Crippen LogP contribution in [0.5, 0.6) is 0 Å². The van der Waals surface area contributed by atoms with Crippen molar-refractivity contribution >= 4 is 5.78 Å². The van der Waals surface area contributed by atoms with Crippen molar-refractivity contribution in [3.8, 4) is 0 Å². The lowest BCUT2D eigenvalue weighted by Crippen LogP contribution is -2.48. The summed E-state index contributed by atoms with van der Waals surface area (Å²) >= 11 is 0. The second-order valence-corrected chi connectivity index (χ2v) is 6.35. The Balaban J connectivity index is 1.89. The van der Waals surface area contributed by atoms with Gasteiger partial charge in [0.15, 0.2) is 0 Å². The molecule has 0 aromatic rings. The van der Waals surface area contributed by atoms with Gasteiger partial charge in [-0.15, -0.1) is 0 Å². The van der Waals surface area contributed by atoms with Gasteiger partial charge in [0.1, 0.15) is 5.78 Å². The normalized spacial score (nSPS) is 26.6. The maximum absolute atomic E-state index is 11.1. The number of unbranched alkanes of at least 4 members (excludes halogenated alkanes) is 5. The number of piperidine rings is 1. The highest BCUT2D eigenvalue weighted by Gasteiger charge is 2.24. The van der Waals surface area contributed by atoms with E-state index in [-0.39, 0.29) is 12.1 Å². The minimum absolute atomic E-state index is 0.155. The Morgan fingerprint density at radius 2 is 1.75 bits per heavy atom. The number of carbonyl (C=O) groups excluding carboxylic acids is 1. The molecule has 118 valence electrons. The first-order chi connectivity index (χ1) is 9.63. The lowest BCUT2D eigenvalue weighted by Gasteiger charge is -2.32. The smallest absolute Gasteiger partial charge is 0.132 e. The zero-order valence-corrected chi connectivity index (χ0v) is 13.4. The molecular weight excluding hydrogens is 250 g/mol. The molecule has 3 nitrogen and oxygen atoms in total. The standard InChI is InChI=1S/C17H33NO2/c1-3-16(19)11-9-7-5-4-6-8-10-15-12-13-17(20)14(2)18-15/h14-15,17-18,20H,3-13H2,1-2H3/t14-,15+,17-/m0/s1. The molecule has 0 bridgehead atoms. The number of carbonyl (C=O) groups is 1. The van der Waals surface area contributed by atoms with E-state index in [1.54, 1.807) is 0 Å². The van der Waals surface area contributed by atoms with Crippen LogP contribution in [0, 0.1) is 0 Å². The summed E-state index contributed by atoms with van der Waals surface area (Å²) in [5, 5.41) is 13.2. The molecule has 1 heterocycles. The number of hydrogen-bond acceptors (Lipinski definition) is 3. The van der Waals surface area contributed by atoms with Gasteiger partial charge in [-0.1, -0.05) is 39.0 Å². The van der Waals surface area contributed by atoms with Gasteiger partial charge in [0.05, 0.1) is 6.10 Å². The molecule has 0 aliphatic carbocycles. The molecule has 1 saturated heterocycles. The third-order valence-corrected chi connectivity index (χ3v) is 4.54. The first-order valence-corrected chi connectivity index (χ1v) is 8.59. The summed E-state index contributed by atoms with van der Waals surface area (Å²) in [6, 6.07) is 0.862. The molecule has 1 rings (SSSR count). The summed E-state index contributed by atoms with van der Waals surface area (Å²) in [4.78, 5) is 11.1. The van der Waals surface area contributed by atoms with Gasteiger partial charge in [-0.2, -0.15) is 0 Å². The predicted octanol–water partition coefficient (Wildman–Crippen LogP) is 3.59. The molecule has 0 radical (unpaired) electrons. The van der Waals surface area contributed by atoms with Gasteiger partial charge < -0.3 is 10.4 Å². The summed E-state index contributed by atoms with van der Waals surface area (Å²) in [6.45, 7) is 4.02. The highest BCUT2D eigenvalue weighted by Crippen LogP contribution is 2.18. The highest BCUT2D eigenvalue weighted by molar-refractivity contribution is 5.77. The Morgan fingerprint density at radius 1 is 1.10 bits per heavy atom. The van der Waals surface area contributed by atoms with Crippen molar-refractivity contribution in [1.29, 1.82) is 0 Å². The van der Waals surface area contributed by atoms with E-state index in [0.29, 0.717) is 18.2 Å². The van der Waals surface area contributed by atoms with Gasteiger partial charge in [-0.25, -0.2) is 0 Å². The zero-order chi connectivity index (χ0) is 14.8. The molecule has 3 atom stereocenters. The van der Waals surface area contributed by atoms with Gasteiger partial charge in [0, 0.05) is 24.9 Å². The van der Waals surface area contributed by atoms with Crippen LogP contribution < -0.4 is 5.32 Å². The second kappa shape index (κ2) is 10.3. The number of aliphatic hydroxyl groups excluding tert-OH is 1. The van der Waals surface area contributed by atoms with E-state index < -0.39 is 0 Å². The van der Waals surface area contributed by atoms with E-state index in [1.807, 2.05) is 6.92 Å². The minimum atomic E-state index is -0.155. The summed E-state index contributed by atoms with van der Waals surface area (Å²) < 4.78 is 0. The molecule has 0 amide bonds. The van der Waals surface area contributed by atoms with E-state index in [4.69, 9.17) is 0 Å². The predicted molar refractivity (Wildman–Crippen MR) is 83.9 cm³/mol. The molecule has 1 aliphatic rings. The highest BCUT2D eigenvalue weighted by atomic mass is 16.3. The molecule has 0 saturated carbocycles. The number of nitrogens with one attached hydrogen (secondary N) is 1. The fourth-order valence-electron chi connectivity index (χ4n) is 3.01. The SMILES string of the molecule is CCC(=O)CCCCCCCC[C@@H]1CC[C@H](O)[C@H](C)N1. The maximum Gasteiger partial charge on any atom is 0.132 e. The third kappa shape index (κ3) is 7.39. The van der Waals surface area contributed by atoms with Crippen LogP contribution in [-0.2, 0) is 4.79 Å². The van der Waals surface area contributed by atoms with Crippen molar-refractivity contribution in [2.24, 2.45) is 0 Å². The van der Waals surface area contributed by atoms with Crippen molar-refractivity contribution in [3.63, 3.8) is 0 Å². The van der Waals surface area contributed by atoms with Gasteiger partial charge in [0.2, 0.25) is 0 Å². The fourth-order valence-corrected chi connectivity index (χ4v) is 3.01. The van der Waals surface area contributed by atoms with Crippen LogP contribution in [0.2, 0.25) is 0 Å². The average Bonchev–Trinajstić information content (AvgIpc) is 2.45. The maximum atomic E-state index is 11.1. The van der Waals surface area contributed by atoms with Crippen LogP contribution in [0.25, 0.3) is 0 Å². The van der Waals surface area contributed by atoms with Crippen LogP contribution in [0.3, 0.4) is 0 Å². The van der Waals surface area contributed by atoms with Crippen LogP contribution in [0.4, 0.5) is 0 Å². The van der Waals surface area contributed by atoms with E-state index in [0.717, 1.165) is 25.7 Å². The molecule has 3 heteroatoms. The molecule has 0 spiro atoms. The Bertz CT molecular complexity index is 268. The molecule has 1 fully saturated rings. The molecule has 0 unspecified atom stereocenters. The molecule has 1 aliphatic heterocycles. The van der Waals surface area contributed by atoms with E-state index in [2.05, 4.69) is 12.2 Å². The average molecular weight is 283 g/mol. The van der Waals surface area contributed by atoms with Crippen LogP contribution >= 0.6 is 0 Å². The summed E-state index contributed by atoms with van der Waals surface area (Å²) in [5.41, 5.74) is 0. The van der Waals surface area contributed by atoms with Crippen LogP contribution in [0.15, 0.2) is 0 Å². The zero-order valence-electron chi connectivity index (χ0n) is 13.4. The molecule has 0 aromatic heterocycles. The Labute approximate surface area is 124 Å². The van der Waals surface area contributed by atoms with Crippen molar-refractivity contribution in [3.05, 3.63) is 0 Å². The minimum Gasteiger partial charge on any atom is -0.392 e. The number of aliphatic hydroxyl groups is 1. The van der Waals surface area contributed by atoms with Crippen LogP contribution in [-0.4, -0.2) is 29.1 Å². The number of hydrogen-bond donors (Lipinski definition) is 2. The third-order valence-electron chi connectivity index (χ3n) is 4.54. The largest absolute Gasteiger partial charge is 0.392 e. The Hall–Kier alpha value is -0.410. The summed E-state index contributed by atoms with van der Waals surface area (Å²) in [5.74, 6) is 0.407. The quantitative estimate of drug-likeness (QED) is 0.602. The topological polar surface area (TPSA) is 49.3 Å². The van der Waals surface area contributed by atoms with Gasteiger partial charge in [0.25, 0.3) is 0 Å². The van der Waals surface area contributed by atoms with Crippen molar-refractivity contribution < 1.29 is 9.90 Å². The van der Waals surface area contributed by atoms with Crippen molar-refractivity contribution in [2.45, 2.75) is 103 Å². The summed E-state index contributed by atoms with van der Waals surface area (Å²) in [6.07, 6.45) is 12.1.